The number of alkyl halides is 3. The summed E-state index contributed by atoms with van der Waals surface area (Å²) >= 11 is 0. The molecule has 1 aromatic rings. The standard InChI is InChI=1S/C15H21F3/c1-10(2)12-7-6-11(9-14(3,4)5)8-13(12)15(16,17)18/h6-8,10H,9H2,1-5H3. The third-order valence-electron chi connectivity index (χ3n) is 2.78. The molecule has 0 aromatic heterocycles. The maximum atomic E-state index is 13.0. The van der Waals surface area contributed by atoms with Crippen LogP contribution in [0.3, 0.4) is 0 Å². The van der Waals surface area contributed by atoms with Gasteiger partial charge in [-0.25, -0.2) is 0 Å². The zero-order valence-corrected chi connectivity index (χ0v) is 11.7. The molecule has 0 amide bonds. The Morgan fingerprint density at radius 1 is 1.06 bits per heavy atom. The fourth-order valence-electron chi connectivity index (χ4n) is 2.07. The van der Waals surface area contributed by atoms with Gasteiger partial charge in [-0.3, -0.25) is 0 Å². The maximum Gasteiger partial charge on any atom is 0.416 e. The summed E-state index contributed by atoms with van der Waals surface area (Å²) in [5.74, 6) is -0.120. The molecule has 0 atom stereocenters. The lowest BCUT2D eigenvalue weighted by molar-refractivity contribution is -0.138. The van der Waals surface area contributed by atoms with E-state index in [9.17, 15) is 13.2 Å². The molecule has 0 bridgehead atoms. The third kappa shape index (κ3) is 4.04. The van der Waals surface area contributed by atoms with Crippen molar-refractivity contribution in [3.8, 4) is 0 Å². The minimum absolute atomic E-state index is 0.0117. The van der Waals surface area contributed by atoms with E-state index < -0.39 is 11.7 Å². The number of rotatable bonds is 2. The van der Waals surface area contributed by atoms with Crippen LogP contribution < -0.4 is 0 Å². The zero-order chi connectivity index (χ0) is 14.1. The molecule has 0 aliphatic rings. The first-order valence-corrected chi connectivity index (χ1v) is 6.21. The van der Waals surface area contributed by atoms with E-state index in [0.717, 1.165) is 5.56 Å². The van der Waals surface area contributed by atoms with Crippen molar-refractivity contribution in [1.29, 1.82) is 0 Å². The highest BCUT2D eigenvalue weighted by Crippen LogP contribution is 2.36. The third-order valence-corrected chi connectivity index (χ3v) is 2.78. The molecule has 0 N–H and O–H groups in total. The average molecular weight is 258 g/mol. The minimum atomic E-state index is -4.27. The molecular formula is C15H21F3. The maximum absolute atomic E-state index is 13.0. The van der Waals surface area contributed by atoms with Gasteiger partial charge in [0.05, 0.1) is 5.56 Å². The van der Waals surface area contributed by atoms with Gasteiger partial charge in [-0.05, 0) is 34.9 Å². The highest BCUT2D eigenvalue weighted by atomic mass is 19.4. The Balaban J connectivity index is 3.22. The second-order valence-corrected chi connectivity index (χ2v) is 6.31. The van der Waals surface area contributed by atoms with Gasteiger partial charge in [0.15, 0.2) is 0 Å². The first-order chi connectivity index (χ1) is 8.00. The van der Waals surface area contributed by atoms with E-state index in [1.54, 1.807) is 19.9 Å². The molecule has 0 unspecified atom stereocenters. The summed E-state index contributed by atoms with van der Waals surface area (Å²) < 4.78 is 39.1. The van der Waals surface area contributed by atoms with Crippen LogP contribution in [0.2, 0.25) is 0 Å². The van der Waals surface area contributed by atoms with Crippen LogP contribution in [-0.4, -0.2) is 0 Å². The van der Waals surface area contributed by atoms with Gasteiger partial charge >= 0.3 is 6.18 Å². The second-order valence-electron chi connectivity index (χ2n) is 6.31. The van der Waals surface area contributed by atoms with E-state index >= 15 is 0 Å². The van der Waals surface area contributed by atoms with E-state index in [1.807, 2.05) is 26.8 Å². The van der Waals surface area contributed by atoms with Crippen LogP contribution in [-0.2, 0) is 12.6 Å². The highest BCUT2D eigenvalue weighted by Gasteiger charge is 2.34. The average Bonchev–Trinajstić information content (AvgIpc) is 2.13. The van der Waals surface area contributed by atoms with Gasteiger partial charge in [-0.15, -0.1) is 0 Å². The van der Waals surface area contributed by atoms with Crippen molar-refractivity contribution in [3.05, 3.63) is 34.9 Å². The first kappa shape index (κ1) is 15.1. The zero-order valence-electron chi connectivity index (χ0n) is 11.7. The van der Waals surface area contributed by atoms with Crippen LogP contribution in [0, 0.1) is 5.41 Å². The summed E-state index contributed by atoms with van der Waals surface area (Å²) in [5, 5.41) is 0. The van der Waals surface area contributed by atoms with Gasteiger partial charge in [-0.1, -0.05) is 46.8 Å². The predicted molar refractivity (Wildman–Crippen MR) is 68.7 cm³/mol. The van der Waals surface area contributed by atoms with Gasteiger partial charge in [0.25, 0.3) is 0 Å². The number of benzene rings is 1. The van der Waals surface area contributed by atoms with Gasteiger partial charge in [0, 0.05) is 0 Å². The van der Waals surface area contributed by atoms with Crippen LogP contribution in [0.15, 0.2) is 18.2 Å². The molecule has 18 heavy (non-hydrogen) atoms. The molecule has 0 fully saturated rings. The molecule has 0 radical (unpaired) electrons. The van der Waals surface area contributed by atoms with Gasteiger partial charge in [0.1, 0.15) is 0 Å². The minimum Gasteiger partial charge on any atom is -0.166 e. The molecule has 0 saturated carbocycles. The Hall–Kier alpha value is -0.990. The summed E-state index contributed by atoms with van der Waals surface area (Å²) in [4.78, 5) is 0. The largest absolute Gasteiger partial charge is 0.416 e. The van der Waals surface area contributed by atoms with Crippen LogP contribution in [0.4, 0.5) is 13.2 Å². The fraction of sp³-hybridized carbons (Fsp3) is 0.600. The lowest BCUT2D eigenvalue weighted by Gasteiger charge is -2.21. The van der Waals surface area contributed by atoms with Crippen LogP contribution in [0.25, 0.3) is 0 Å². The van der Waals surface area contributed by atoms with Crippen molar-refractivity contribution in [2.75, 3.05) is 0 Å². The van der Waals surface area contributed by atoms with Crippen molar-refractivity contribution in [2.45, 2.75) is 53.1 Å². The molecule has 102 valence electrons. The second kappa shape index (κ2) is 4.94. The molecule has 1 aromatic carbocycles. The Bertz CT molecular complexity index is 409. The van der Waals surface area contributed by atoms with E-state index in [2.05, 4.69) is 0 Å². The topological polar surface area (TPSA) is 0 Å². The summed E-state index contributed by atoms with van der Waals surface area (Å²) in [6.07, 6.45) is -3.62. The Morgan fingerprint density at radius 2 is 1.61 bits per heavy atom. The van der Waals surface area contributed by atoms with Gasteiger partial charge in [0.2, 0.25) is 0 Å². The van der Waals surface area contributed by atoms with Crippen molar-refractivity contribution in [3.63, 3.8) is 0 Å². The molecular weight excluding hydrogens is 237 g/mol. The van der Waals surface area contributed by atoms with Crippen molar-refractivity contribution < 1.29 is 13.2 Å². The fourth-order valence-corrected chi connectivity index (χ4v) is 2.07. The van der Waals surface area contributed by atoms with E-state index in [-0.39, 0.29) is 11.3 Å². The van der Waals surface area contributed by atoms with Gasteiger partial charge < -0.3 is 0 Å². The van der Waals surface area contributed by atoms with Crippen LogP contribution in [0.5, 0.6) is 0 Å². The quantitative estimate of drug-likeness (QED) is 0.664. The van der Waals surface area contributed by atoms with Crippen molar-refractivity contribution in [2.24, 2.45) is 5.41 Å². The number of hydrogen-bond donors (Lipinski definition) is 0. The summed E-state index contributed by atoms with van der Waals surface area (Å²) in [6, 6.07) is 4.74. The van der Waals surface area contributed by atoms with Crippen LogP contribution in [0.1, 0.15) is 57.2 Å². The Morgan fingerprint density at radius 3 is 2.00 bits per heavy atom. The highest BCUT2D eigenvalue weighted by molar-refractivity contribution is 5.36. The molecule has 0 nitrogen and oxygen atoms in total. The van der Waals surface area contributed by atoms with Crippen molar-refractivity contribution >= 4 is 0 Å². The van der Waals surface area contributed by atoms with Crippen molar-refractivity contribution in [1.82, 2.24) is 0 Å². The smallest absolute Gasteiger partial charge is 0.166 e. The van der Waals surface area contributed by atoms with E-state index in [4.69, 9.17) is 0 Å². The summed E-state index contributed by atoms with van der Waals surface area (Å²) in [5.41, 5.74) is 0.626. The summed E-state index contributed by atoms with van der Waals surface area (Å²) in [6.45, 7) is 9.64. The van der Waals surface area contributed by atoms with Crippen LogP contribution >= 0.6 is 0 Å². The van der Waals surface area contributed by atoms with E-state index in [1.165, 1.54) is 6.07 Å². The molecule has 0 heterocycles. The molecule has 0 aliphatic carbocycles. The monoisotopic (exact) mass is 258 g/mol. The summed E-state index contributed by atoms with van der Waals surface area (Å²) in [7, 11) is 0. The predicted octanol–water partition coefficient (Wildman–Crippen LogP) is 5.42. The molecule has 0 spiro atoms. The van der Waals surface area contributed by atoms with Gasteiger partial charge in [-0.2, -0.15) is 13.2 Å². The molecule has 1 rings (SSSR count). The number of hydrogen-bond acceptors (Lipinski definition) is 0. The SMILES string of the molecule is CC(C)c1ccc(CC(C)(C)C)cc1C(F)(F)F. The Labute approximate surface area is 107 Å². The molecule has 0 aliphatic heterocycles. The molecule has 3 heteroatoms. The lowest BCUT2D eigenvalue weighted by Crippen LogP contribution is -2.14. The normalized spacial score (nSPS) is 13.2. The number of halogens is 3. The first-order valence-electron chi connectivity index (χ1n) is 6.21. The molecule has 0 saturated heterocycles. The lowest BCUT2D eigenvalue weighted by atomic mass is 9.86. The Kier molecular flexibility index (Phi) is 4.14. The van der Waals surface area contributed by atoms with E-state index in [0.29, 0.717) is 12.0 Å².